The first-order valence-corrected chi connectivity index (χ1v) is 25.6. The quantitative estimate of drug-likeness (QED) is 0.118. The maximum absolute atomic E-state index is 5.01. The van der Waals surface area contributed by atoms with Crippen LogP contribution in [-0.2, 0) is 0 Å². The zero-order valence-electron chi connectivity index (χ0n) is 42.0. The van der Waals surface area contributed by atoms with Crippen LogP contribution in [0.25, 0.3) is 135 Å². The molecule has 0 fully saturated rings. The lowest BCUT2D eigenvalue weighted by molar-refractivity contribution is 1.22. The normalized spacial score (nSPS) is 11.1. The van der Waals surface area contributed by atoms with Crippen LogP contribution in [-0.4, -0.2) is 44.9 Å². The maximum atomic E-state index is 5.01. The van der Waals surface area contributed by atoms with Gasteiger partial charge in [-0.15, -0.1) is 0 Å². The van der Waals surface area contributed by atoms with Gasteiger partial charge in [-0.1, -0.05) is 109 Å². The molecule has 4 aromatic carbocycles. The second kappa shape index (κ2) is 21.2. The van der Waals surface area contributed by atoms with E-state index < -0.39 is 0 Å². The van der Waals surface area contributed by atoms with Crippen LogP contribution in [0.2, 0.25) is 0 Å². The summed E-state index contributed by atoms with van der Waals surface area (Å²) in [6.07, 6.45) is 10.8. The molecule has 0 aliphatic rings. The molecular weight excluding hydrogens is 955 g/mol. The number of pyridine rings is 9. The molecule has 9 nitrogen and oxygen atoms in total. The Bertz CT molecular complexity index is 3560. The van der Waals surface area contributed by atoms with Gasteiger partial charge in [-0.2, -0.15) is 0 Å². The van der Waals surface area contributed by atoms with Gasteiger partial charge in [0.1, 0.15) is 0 Å². The largest absolute Gasteiger partial charge is 0.255 e. The third-order valence-electron chi connectivity index (χ3n) is 13.6. The molecule has 0 radical (unpaired) electrons. The SMILES string of the molecule is c1ccc(-c2cc(-c3ccc(-c4cc(-c5ccc(-c6cc(-c7ccccn7)nc(-c7ccccn7)c6)cc5)cc(-c5ccc(-c6cc(-c7ccccn7)nc(-c7ccccn7)c6)cc5)c4)cc3)cc(-c3ccccn3)n2)nc1. The standard InChI is InChI=1S/C69H45N9/c1-7-31-70-58(13-1)64-40-55(41-65(76-64)59-14-2-8-32-71-59)49-25-19-46(20-26-49)52-37-53(47-21-27-50(28-22-47)56-42-66(60-15-3-9-33-72-60)77-67(43-56)61-16-4-10-34-73-61)39-54(38-52)48-23-29-51(30-24-48)57-44-68(62-17-5-11-35-74-62)78-69(45-57)63-18-6-12-36-75-63/h1-45H. The molecule has 9 heteroatoms. The predicted octanol–water partition coefficient (Wildman–Crippen LogP) is 16.2. The molecule has 0 unspecified atom stereocenters. The summed E-state index contributed by atoms with van der Waals surface area (Å²) in [5, 5.41) is 0. The number of benzene rings is 4. The fourth-order valence-electron chi connectivity index (χ4n) is 9.66. The van der Waals surface area contributed by atoms with Gasteiger partial charge in [0.25, 0.3) is 0 Å². The minimum Gasteiger partial charge on any atom is -0.255 e. The van der Waals surface area contributed by atoms with E-state index in [9.17, 15) is 0 Å². The van der Waals surface area contributed by atoms with E-state index in [1.807, 2.05) is 109 Å². The van der Waals surface area contributed by atoms with Crippen LogP contribution in [0.5, 0.6) is 0 Å². The van der Waals surface area contributed by atoms with Crippen LogP contribution in [0.4, 0.5) is 0 Å². The Labute approximate surface area is 451 Å². The molecule has 0 atom stereocenters. The van der Waals surface area contributed by atoms with Gasteiger partial charge >= 0.3 is 0 Å². The van der Waals surface area contributed by atoms with Crippen molar-refractivity contribution in [2.75, 3.05) is 0 Å². The van der Waals surface area contributed by atoms with Crippen molar-refractivity contribution in [3.8, 4) is 135 Å². The second-order valence-corrected chi connectivity index (χ2v) is 18.7. The summed E-state index contributed by atoms with van der Waals surface area (Å²) in [6.45, 7) is 0. The van der Waals surface area contributed by atoms with E-state index in [2.05, 4.69) is 157 Å². The van der Waals surface area contributed by atoms with E-state index in [4.69, 9.17) is 15.0 Å². The summed E-state index contributed by atoms with van der Waals surface area (Å²) in [7, 11) is 0. The Morgan fingerprint density at radius 3 is 0.462 bits per heavy atom. The highest BCUT2D eigenvalue weighted by Crippen LogP contribution is 2.38. The lowest BCUT2D eigenvalue weighted by atomic mass is 9.91. The van der Waals surface area contributed by atoms with E-state index in [0.29, 0.717) is 0 Å². The Kier molecular flexibility index (Phi) is 12.8. The summed E-state index contributed by atoms with van der Waals surface area (Å²) < 4.78 is 0. The molecular formula is C69H45N9. The molecule has 0 amide bonds. The van der Waals surface area contributed by atoms with Crippen molar-refractivity contribution in [2.24, 2.45) is 0 Å². The van der Waals surface area contributed by atoms with Crippen molar-refractivity contribution in [1.82, 2.24) is 44.9 Å². The van der Waals surface area contributed by atoms with Crippen LogP contribution in [0, 0.1) is 0 Å². The molecule has 13 rings (SSSR count). The summed E-state index contributed by atoms with van der Waals surface area (Å²) >= 11 is 0. The first kappa shape index (κ1) is 47.0. The third kappa shape index (κ3) is 10.1. The fraction of sp³-hybridized carbons (Fsp3) is 0. The molecule has 13 aromatic rings. The molecule has 9 heterocycles. The zero-order valence-corrected chi connectivity index (χ0v) is 42.0. The molecule has 78 heavy (non-hydrogen) atoms. The summed E-state index contributed by atoms with van der Waals surface area (Å²) in [5.74, 6) is 0. The van der Waals surface area contributed by atoms with Gasteiger partial charge in [0, 0.05) is 37.2 Å². The highest BCUT2D eigenvalue weighted by molar-refractivity contribution is 5.85. The minimum absolute atomic E-state index is 0.782. The Morgan fingerprint density at radius 2 is 0.308 bits per heavy atom. The van der Waals surface area contributed by atoms with Crippen molar-refractivity contribution in [2.45, 2.75) is 0 Å². The topological polar surface area (TPSA) is 116 Å². The van der Waals surface area contributed by atoms with E-state index in [-0.39, 0.29) is 0 Å². The first-order valence-electron chi connectivity index (χ1n) is 25.6. The summed E-state index contributed by atoms with van der Waals surface area (Å²) in [5.41, 5.74) is 22.2. The van der Waals surface area contributed by atoms with Crippen molar-refractivity contribution >= 4 is 0 Å². The molecule has 0 saturated carbocycles. The molecule has 0 aliphatic carbocycles. The molecule has 0 aliphatic heterocycles. The van der Waals surface area contributed by atoms with Gasteiger partial charge in [-0.3, -0.25) is 29.9 Å². The lowest BCUT2D eigenvalue weighted by Crippen LogP contribution is -1.94. The van der Waals surface area contributed by atoms with Gasteiger partial charge in [-0.05, 0) is 194 Å². The second-order valence-electron chi connectivity index (χ2n) is 18.7. The predicted molar refractivity (Wildman–Crippen MR) is 312 cm³/mol. The molecule has 0 saturated heterocycles. The van der Waals surface area contributed by atoms with Crippen molar-refractivity contribution in [3.05, 3.63) is 274 Å². The highest BCUT2D eigenvalue weighted by Gasteiger charge is 2.16. The number of hydrogen-bond acceptors (Lipinski definition) is 9. The van der Waals surface area contributed by atoms with Crippen LogP contribution in [0.15, 0.2) is 274 Å². The van der Waals surface area contributed by atoms with E-state index in [0.717, 1.165) is 135 Å². The summed E-state index contributed by atoms with van der Waals surface area (Å²) in [4.78, 5) is 42.9. The van der Waals surface area contributed by atoms with Gasteiger partial charge in [0.2, 0.25) is 0 Å². The Balaban J connectivity index is 0.892. The van der Waals surface area contributed by atoms with E-state index >= 15 is 0 Å². The Hall–Kier alpha value is -10.8. The molecule has 366 valence electrons. The first-order chi connectivity index (χ1) is 38.6. The van der Waals surface area contributed by atoms with Crippen molar-refractivity contribution in [3.63, 3.8) is 0 Å². The van der Waals surface area contributed by atoms with Crippen LogP contribution in [0.3, 0.4) is 0 Å². The monoisotopic (exact) mass is 999 g/mol. The third-order valence-corrected chi connectivity index (χ3v) is 13.6. The van der Waals surface area contributed by atoms with Gasteiger partial charge in [0.05, 0.1) is 68.3 Å². The molecule has 0 N–H and O–H groups in total. The highest BCUT2D eigenvalue weighted by atomic mass is 14.8. The number of nitrogens with zero attached hydrogens (tertiary/aromatic N) is 9. The van der Waals surface area contributed by atoms with E-state index in [1.54, 1.807) is 37.2 Å². The molecule has 9 aromatic heterocycles. The molecule has 0 bridgehead atoms. The van der Waals surface area contributed by atoms with Gasteiger partial charge < -0.3 is 0 Å². The minimum atomic E-state index is 0.782. The number of aromatic nitrogens is 9. The lowest BCUT2D eigenvalue weighted by Gasteiger charge is -2.14. The number of rotatable bonds is 12. The average Bonchev–Trinajstić information content (AvgIpc) is 3.54. The van der Waals surface area contributed by atoms with Crippen LogP contribution >= 0.6 is 0 Å². The van der Waals surface area contributed by atoms with Gasteiger partial charge in [-0.25, -0.2) is 15.0 Å². The average molecular weight is 1000 g/mol. The Morgan fingerprint density at radius 1 is 0.141 bits per heavy atom. The van der Waals surface area contributed by atoms with E-state index in [1.165, 1.54) is 0 Å². The summed E-state index contributed by atoms with van der Waals surface area (Å²) in [6, 6.07) is 81.1. The van der Waals surface area contributed by atoms with Crippen molar-refractivity contribution < 1.29 is 0 Å². The van der Waals surface area contributed by atoms with Gasteiger partial charge in [0.15, 0.2) is 0 Å². The zero-order chi connectivity index (χ0) is 52.0. The van der Waals surface area contributed by atoms with Crippen molar-refractivity contribution in [1.29, 1.82) is 0 Å². The maximum Gasteiger partial charge on any atom is 0.0900 e. The fourth-order valence-corrected chi connectivity index (χ4v) is 9.66. The van der Waals surface area contributed by atoms with Crippen LogP contribution in [0.1, 0.15) is 0 Å². The smallest absolute Gasteiger partial charge is 0.0900 e. The van der Waals surface area contributed by atoms with Crippen LogP contribution < -0.4 is 0 Å². The molecule has 0 spiro atoms. The number of hydrogen-bond donors (Lipinski definition) is 0.